The maximum Gasteiger partial charge on any atom is 0.242 e. The Labute approximate surface area is 124 Å². The molecule has 0 radical (unpaired) electrons. The van der Waals surface area contributed by atoms with Gasteiger partial charge < -0.3 is 10.5 Å². The summed E-state index contributed by atoms with van der Waals surface area (Å²) in [6.45, 7) is 3.24. The molecule has 0 amide bonds. The maximum absolute atomic E-state index is 12.4. The number of rotatable bonds is 4. The summed E-state index contributed by atoms with van der Waals surface area (Å²) in [6, 6.07) is 4.23. The fourth-order valence-corrected chi connectivity index (χ4v) is 3.99. The van der Waals surface area contributed by atoms with Crippen LogP contribution in [0.15, 0.2) is 23.1 Å². The van der Waals surface area contributed by atoms with Crippen molar-refractivity contribution >= 4 is 27.3 Å². The molecule has 7 heteroatoms. The highest BCUT2D eigenvalue weighted by molar-refractivity contribution is 7.89. The van der Waals surface area contributed by atoms with E-state index in [1.165, 1.54) is 18.2 Å². The Morgan fingerprint density at radius 2 is 2.05 bits per heavy atom. The average molecular weight is 319 g/mol. The van der Waals surface area contributed by atoms with E-state index in [9.17, 15) is 8.42 Å². The lowest BCUT2D eigenvalue weighted by Gasteiger charge is -2.28. The van der Waals surface area contributed by atoms with Gasteiger partial charge >= 0.3 is 0 Å². The molecule has 0 bridgehead atoms. The molecule has 1 fully saturated rings. The zero-order valence-electron chi connectivity index (χ0n) is 11.3. The van der Waals surface area contributed by atoms with Crippen LogP contribution in [-0.4, -0.2) is 27.7 Å². The summed E-state index contributed by atoms with van der Waals surface area (Å²) in [5.74, 6) is 0.284. The van der Waals surface area contributed by atoms with Crippen LogP contribution in [0.1, 0.15) is 19.8 Å². The summed E-state index contributed by atoms with van der Waals surface area (Å²) < 4.78 is 32.7. The molecule has 3 N–H and O–H groups in total. The van der Waals surface area contributed by atoms with Gasteiger partial charge in [-0.05, 0) is 43.9 Å². The molecule has 1 aromatic rings. The van der Waals surface area contributed by atoms with Crippen LogP contribution in [-0.2, 0) is 14.8 Å². The first-order chi connectivity index (χ1) is 9.40. The number of sulfonamides is 1. The lowest BCUT2D eigenvalue weighted by molar-refractivity contribution is 0.0585. The quantitative estimate of drug-likeness (QED) is 0.832. The SMILES string of the molecule is CC(NS(=O)(=O)c1ccc(Cl)cc1N)C1CCOCC1. The fraction of sp³-hybridized carbons (Fsp3) is 0.538. The van der Waals surface area contributed by atoms with Gasteiger partial charge in [-0.15, -0.1) is 0 Å². The van der Waals surface area contributed by atoms with Crippen molar-refractivity contribution in [2.24, 2.45) is 5.92 Å². The van der Waals surface area contributed by atoms with Crippen molar-refractivity contribution in [3.8, 4) is 0 Å². The minimum absolute atomic E-state index is 0.0702. The Bertz CT molecular complexity index is 571. The van der Waals surface area contributed by atoms with Gasteiger partial charge in [0.05, 0.1) is 5.69 Å². The van der Waals surface area contributed by atoms with E-state index in [1.54, 1.807) is 0 Å². The molecule has 0 saturated carbocycles. The molecule has 0 aliphatic carbocycles. The molecule has 1 aliphatic heterocycles. The molecule has 1 unspecified atom stereocenters. The van der Waals surface area contributed by atoms with E-state index in [0.29, 0.717) is 18.2 Å². The topological polar surface area (TPSA) is 81.4 Å². The molecule has 5 nitrogen and oxygen atoms in total. The largest absolute Gasteiger partial charge is 0.398 e. The fourth-order valence-electron chi connectivity index (χ4n) is 2.38. The smallest absolute Gasteiger partial charge is 0.242 e. The van der Waals surface area contributed by atoms with Crippen LogP contribution in [0.2, 0.25) is 5.02 Å². The van der Waals surface area contributed by atoms with Crippen molar-refractivity contribution in [3.05, 3.63) is 23.2 Å². The van der Waals surface area contributed by atoms with Crippen LogP contribution in [0.5, 0.6) is 0 Å². The minimum Gasteiger partial charge on any atom is -0.398 e. The van der Waals surface area contributed by atoms with Crippen molar-refractivity contribution in [3.63, 3.8) is 0 Å². The van der Waals surface area contributed by atoms with Crippen molar-refractivity contribution in [1.29, 1.82) is 0 Å². The average Bonchev–Trinajstić information content (AvgIpc) is 2.38. The molecular formula is C13H19ClN2O3S. The molecule has 112 valence electrons. The molecule has 1 aliphatic rings. The number of benzene rings is 1. The van der Waals surface area contributed by atoms with Gasteiger partial charge in [0.15, 0.2) is 0 Å². The molecule has 0 spiro atoms. The zero-order valence-corrected chi connectivity index (χ0v) is 12.9. The van der Waals surface area contributed by atoms with Crippen LogP contribution in [0.25, 0.3) is 0 Å². The highest BCUT2D eigenvalue weighted by Gasteiger charge is 2.26. The van der Waals surface area contributed by atoms with Gasteiger partial charge in [-0.3, -0.25) is 0 Å². The molecule has 2 rings (SSSR count). The standard InChI is InChI=1S/C13H19ClN2O3S/c1-9(10-4-6-19-7-5-10)16-20(17,18)13-3-2-11(14)8-12(13)15/h2-3,8-10,16H,4-7,15H2,1H3. The first-order valence-corrected chi connectivity index (χ1v) is 8.41. The van der Waals surface area contributed by atoms with Crippen molar-refractivity contribution in [1.82, 2.24) is 4.72 Å². The second kappa shape index (κ2) is 6.30. The van der Waals surface area contributed by atoms with E-state index in [1.807, 2.05) is 6.92 Å². The Morgan fingerprint density at radius 1 is 1.40 bits per heavy atom. The van der Waals surface area contributed by atoms with E-state index in [4.69, 9.17) is 22.1 Å². The van der Waals surface area contributed by atoms with Gasteiger partial charge in [0, 0.05) is 24.3 Å². The molecule has 1 saturated heterocycles. The third kappa shape index (κ3) is 3.63. The summed E-state index contributed by atoms with van der Waals surface area (Å²) in [4.78, 5) is 0.0702. The van der Waals surface area contributed by atoms with Crippen molar-refractivity contribution < 1.29 is 13.2 Å². The summed E-state index contributed by atoms with van der Waals surface area (Å²) in [5.41, 5.74) is 5.89. The summed E-state index contributed by atoms with van der Waals surface area (Å²) in [5, 5.41) is 0.416. The monoisotopic (exact) mass is 318 g/mol. The minimum atomic E-state index is -3.63. The van der Waals surface area contributed by atoms with Crippen LogP contribution >= 0.6 is 11.6 Å². The predicted octanol–water partition coefficient (Wildman–Crippen LogP) is 2.02. The van der Waals surface area contributed by atoms with E-state index in [-0.39, 0.29) is 22.5 Å². The van der Waals surface area contributed by atoms with Crippen LogP contribution in [0.3, 0.4) is 0 Å². The number of halogens is 1. The number of anilines is 1. The molecular weight excluding hydrogens is 300 g/mol. The molecule has 1 atom stereocenters. The summed E-state index contributed by atoms with van der Waals surface area (Å²) >= 11 is 5.79. The molecule has 20 heavy (non-hydrogen) atoms. The first kappa shape index (κ1) is 15.6. The van der Waals surface area contributed by atoms with Crippen molar-refractivity contribution in [2.75, 3.05) is 18.9 Å². The summed E-state index contributed by atoms with van der Waals surface area (Å²) in [6.07, 6.45) is 1.72. The number of hydrogen-bond donors (Lipinski definition) is 2. The molecule has 0 aromatic heterocycles. The third-order valence-corrected chi connectivity index (χ3v) is 5.44. The van der Waals surface area contributed by atoms with Gasteiger partial charge in [0.1, 0.15) is 4.90 Å². The Kier molecular flexibility index (Phi) is 4.90. The van der Waals surface area contributed by atoms with Gasteiger partial charge in [0.2, 0.25) is 10.0 Å². The van der Waals surface area contributed by atoms with E-state index in [0.717, 1.165) is 12.8 Å². The maximum atomic E-state index is 12.4. The normalized spacial score (nSPS) is 18.9. The van der Waals surface area contributed by atoms with Gasteiger partial charge in [-0.1, -0.05) is 11.6 Å². The van der Waals surface area contributed by atoms with E-state index < -0.39 is 10.0 Å². The Hall–Kier alpha value is -0.820. The number of nitrogens with two attached hydrogens (primary N) is 1. The highest BCUT2D eigenvalue weighted by Crippen LogP contribution is 2.24. The summed E-state index contributed by atoms with van der Waals surface area (Å²) in [7, 11) is -3.63. The lowest BCUT2D eigenvalue weighted by Crippen LogP contribution is -2.40. The zero-order chi connectivity index (χ0) is 14.8. The number of nitrogen functional groups attached to an aromatic ring is 1. The van der Waals surface area contributed by atoms with Crippen LogP contribution in [0.4, 0.5) is 5.69 Å². The van der Waals surface area contributed by atoms with Gasteiger partial charge in [-0.25, -0.2) is 13.1 Å². The Balaban J connectivity index is 2.13. The molecule has 1 aromatic carbocycles. The highest BCUT2D eigenvalue weighted by atomic mass is 35.5. The number of hydrogen-bond acceptors (Lipinski definition) is 4. The number of ether oxygens (including phenoxy) is 1. The predicted molar refractivity (Wildman–Crippen MR) is 79.2 cm³/mol. The van der Waals surface area contributed by atoms with Crippen molar-refractivity contribution in [2.45, 2.75) is 30.7 Å². The first-order valence-electron chi connectivity index (χ1n) is 6.55. The third-order valence-electron chi connectivity index (χ3n) is 3.58. The lowest BCUT2D eigenvalue weighted by atomic mass is 9.94. The van der Waals surface area contributed by atoms with Crippen LogP contribution < -0.4 is 10.5 Å². The molecule has 1 heterocycles. The van der Waals surface area contributed by atoms with E-state index >= 15 is 0 Å². The van der Waals surface area contributed by atoms with Crippen LogP contribution in [0, 0.1) is 5.92 Å². The second-order valence-corrected chi connectivity index (χ2v) is 7.16. The van der Waals surface area contributed by atoms with Gasteiger partial charge in [-0.2, -0.15) is 0 Å². The number of nitrogens with one attached hydrogen (secondary N) is 1. The second-order valence-electron chi connectivity index (χ2n) is 5.04. The Morgan fingerprint density at radius 3 is 2.65 bits per heavy atom. The van der Waals surface area contributed by atoms with E-state index in [2.05, 4.69) is 4.72 Å². The van der Waals surface area contributed by atoms with Gasteiger partial charge in [0.25, 0.3) is 0 Å².